The molecule has 0 spiro atoms. The zero-order valence-electron chi connectivity index (χ0n) is 17.9. The number of hydrogen-bond donors (Lipinski definition) is 1. The average Bonchev–Trinajstić information content (AvgIpc) is 2.98. The number of aromatic nitrogens is 2. The fourth-order valence-corrected chi connectivity index (χ4v) is 4.04. The zero-order chi connectivity index (χ0) is 22.7. The quantitative estimate of drug-likeness (QED) is 0.535. The van der Waals surface area contributed by atoms with Crippen LogP contribution < -0.4 is 5.32 Å². The predicted molar refractivity (Wildman–Crippen MR) is 122 cm³/mol. The lowest BCUT2D eigenvalue weighted by Crippen LogP contribution is -2.35. The fourth-order valence-electron chi connectivity index (χ4n) is 3.43. The molecule has 0 bridgehead atoms. The van der Waals surface area contributed by atoms with Gasteiger partial charge in [0.15, 0.2) is 0 Å². The third kappa shape index (κ3) is 5.26. The second-order valence-corrected chi connectivity index (χ2v) is 8.48. The van der Waals surface area contributed by atoms with E-state index in [0.29, 0.717) is 28.4 Å². The molecule has 0 aliphatic rings. The van der Waals surface area contributed by atoms with E-state index in [1.54, 1.807) is 42.7 Å². The standard InChI is InChI=1S/C23H25Cl2FN4O/c1-14-8-10-16(11-9-14)13-30-22(25)20(15(2)28-30)23(31)27-12-19(29(3)4)21-17(24)6-5-7-18(21)26/h5-11,19H,12-13H2,1-4H3,(H,27,31)/t19-/m1/s1. The van der Waals surface area contributed by atoms with Gasteiger partial charge in [0.1, 0.15) is 11.0 Å². The van der Waals surface area contributed by atoms with Crippen molar-refractivity contribution in [1.82, 2.24) is 20.0 Å². The highest BCUT2D eigenvalue weighted by molar-refractivity contribution is 6.33. The molecule has 1 heterocycles. The summed E-state index contributed by atoms with van der Waals surface area (Å²) in [5.74, 6) is -0.780. The van der Waals surface area contributed by atoms with Crippen LogP contribution in [-0.4, -0.2) is 41.2 Å². The van der Waals surface area contributed by atoms with Crippen LogP contribution in [0.25, 0.3) is 0 Å². The van der Waals surface area contributed by atoms with Crippen LogP contribution in [0.1, 0.15) is 38.8 Å². The molecule has 0 fully saturated rings. The molecule has 1 amide bonds. The van der Waals surface area contributed by atoms with Gasteiger partial charge in [0.2, 0.25) is 0 Å². The first-order valence-corrected chi connectivity index (χ1v) is 10.6. The van der Waals surface area contributed by atoms with E-state index in [4.69, 9.17) is 23.2 Å². The lowest BCUT2D eigenvalue weighted by molar-refractivity contribution is 0.0941. The zero-order valence-corrected chi connectivity index (χ0v) is 19.4. The minimum absolute atomic E-state index is 0.158. The summed E-state index contributed by atoms with van der Waals surface area (Å²) in [6.45, 7) is 4.38. The highest BCUT2D eigenvalue weighted by atomic mass is 35.5. The summed E-state index contributed by atoms with van der Waals surface area (Å²) >= 11 is 12.7. The number of benzene rings is 2. The number of aryl methyl sites for hydroxylation is 2. The maximum absolute atomic E-state index is 14.4. The summed E-state index contributed by atoms with van der Waals surface area (Å²) in [5.41, 5.74) is 3.37. The summed E-state index contributed by atoms with van der Waals surface area (Å²) in [6.07, 6.45) is 0. The van der Waals surface area contributed by atoms with Crippen LogP contribution in [-0.2, 0) is 6.54 Å². The van der Waals surface area contributed by atoms with Gasteiger partial charge in [0.05, 0.1) is 23.8 Å². The Morgan fingerprint density at radius 2 is 1.84 bits per heavy atom. The van der Waals surface area contributed by atoms with Crippen molar-refractivity contribution < 1.29 is 9.18 Å². The molecular formula is C23H25Cl2FN4O. The Morgan fingerprint density at radius 3 is 2.45 bits per heavy atom. The van der Waals surface area contributed by atoms with Crippen molar-refractivity contribution >= 4 is 29.1 Å². The third-order valence-electron chi connectivity index (χ3n) is 5.16. The van der Waals surface area contributed by atoms with Crippen molar-refractivity contribution in [2.75, 3.05) is 20.6 Å². The molecule has 1 atom stereocenters. The van der Waals surface area contributed by atoms with Crippen LogP contribution in [0.15, 0.2) is 42.5 Å². The first-order chi connectivity index (χ1) is 14.7. The molecule has 5 nitrogen and oxygen atoms in total. The Kier molecular flexibility index (Phi) is 7.36. The van der Waals surface area contributed by atoms with Gasteiger partial charge in [-0.3, -0.25) is 4.79 Å². The molecule has 164 valence electrons. The molecule has 2 aromatic carbocycles. The van der Waals surface area contributed by atoms with Gasteiger partial charge in [-0.1, -0.05) is 59.1 Å². The van der Waals surface area contributed by atoms with E-state index in [-0.39, 0.29) is 17.6 Å². The Hall–Kier alpha value is -2.41. The number of hydrogen-bond acceptors (Lipinski definition) is 3. The van der Waals surface area contributed by atoms with E-state index in [1.807, 2.05) is 31.2 Å². The summed E-state index contributed by atoms with van der Waals surface area (Å²) in [5, 5.41) is 7.86. The molecule has 0 radical (unpaired) electrons. The van der Waals surface area contributed by atoms with Crippen LogP contribution >= 0.6 is 23.2 Å². The van der Waals surface area contributed by atoms with E-state index >= 15 is 0 Å². The summed E-state index contributed by atoms with van der Waals surface area (Å²) in [4.78, 5) is 14.7. The molecule has 0 saturated carbocycles. The van der Waals surface area contributed by atoms with Crippen LogP contribution in [0.3, 0.4) is 0 Å². The van der Waals surface area contributed by atoms with Crippen LogP contribution in [0.4, 0.5) is 4.39 Å². The van der Waals surface area contributed by atoms with Crippen molar-refractivity contribution in [2.24, 2.45) is 0 Å². The predicted octanol–water partition coefficient (Wildman–Crippen LogP) is 5.03. The molecule has 3 rings (SSSR count). The van der Waals surface area contributed by atoms with Crippen molar-refractivity contribution in [1.29, 1.82) is 0 Å². The van der Waals surface area contributed by atoms with Gasteiger partial charge in [-0.2, -0.15) is 5.10 Å². The van der Waals surface area contributed by atoms with E-state index in [1.165, 1.54) is 6.07 Å². The van der Waals surface area contributed by atoms with E-state index in [2.05, 4.69) is 10.4 Å². The SMILES string of the molecule is Cc1ccc(Cn2nc(C)c(C(=O)NC[C@H](c3c(F)cccc3Cl)N(C)C)c2Cl)cc1. The fraction of sp³-hybridized carbons (Fsp3) is 0.304. The first kappa shape index (κ1) is 23.3. The number of halogens is 3. The number of nitrogens with one attached hydrogen (secondary N) is 1. The van der Waals surface area contributed by atoms with E-state index in [0.717, 1.165) is 11.1 Å². The van der Waals surface area contributed by atoms with Gasteiger partial charge < -0.3 is 10.2 Å². The molecule has 1 N–H and O–H groups in total. The summed E-state index contributed by atoms with van der Waals surface area (Å²) in [6, 6.07) is 12.1. The molecule has 31 heavy (non-hydrogen) atoms. The van der Waals surface area contributed by atoms with Crippen LogP contribution in [0.2, 0.25) is 10.2 Å². The largest absolute Gasteiger partial charge is 0.350 e. The van der Waals surface area contributed by atoms with Gasteiger partial charge in [-0.05, 0) is 45.6 Å². The summed E-state index contributed by atoms with van der Waals surface area (Å²) < 4.78 is 16.0. The molecule has 0 unspecified atom stereocenters. The molecule has 0 aliphatic carbocycles. The van der Waals surface area contributed by atoms with Gasteiger partial charge in [-0.25, -0.2) is 9.07 Å². The molecule has 1 aromatic heterocycles. The average molecular weight is 463 g/mol. The van der Waals surface area contributed by atoms with E-state index in [9.17, 15) is 9.18 Å². The van der Waals surface area contributed by atoms with Crippen LogP contribution in [0, 0.1) is 19.7 Å². The number of carbonyl (C=O) groups is 1. The Morgan fingerprint density at radius 1 is 1.16 bits per heavy atom. The highest BCUT2D eigenvalue weighted by Crippen LogP contribution is 2.29. The molecule has 0 saturated heterocycles. The van der Waals surface area contributed by atoms with Crippen molar-refractivity contribution in [3.8, 4) is 0 Å². The monoisotopic (exact) mass is 462 g/mol. The normalized spacial score (nSPS) is 12.3. The van der Waals surface area contributed by atoms with Crippen molar-refractivity contribution in [2.45, 2.75) is 26.4 Å². The van der Waals surface area contributed by atoms with Crippen molar-refractivity contribution in [3.05, 3.63) is 86.4 Å². The second-order valence-electron chi connectivity index (χ2n) is 7.72. The molecule has 0 aliphatic heterocycles. The number of amides is 1. The smallest absolute Gasteiger partial charge is 0.256 e. The number of likely N-dealkylation sites (N-methyl/N-ethyl adjacent to an activating group) is 1. The lowest BCUT2D eigenvalue weighted by atomic mass is 10.0. The molecule has 3 aromatic rings. The Bertz CT molecular complexity index is 1060. The van der Waals surface area contributed by atoms with Gasteiger partial charge in [0, 0.05) is 17.1 Å². The Balaban J connectivity index is 1.78. The summed E-state index contributed by atoms with van der Waals surface area (Å²) in [7, 11) is 3.61. The van der Waals surface area contributed by atoms with Gasteiger partial charge in [0.25, 0.3) is 5.91 Å². The highest BCUT2D eigenvalue weighted by Gasteiger charge is 2.25. The minimum Gasteiger partial charge on any atom is -0.350 e. The van der Waals surface area contributed by atoms with Gasteiger partial charge in [-0.15, -0.1) is 0 Å². The number of rotatable bonds is 7. The van der Waals surface area contributed by atoms with Crippen molar-refractivity contribution in [3.63, 3.8) is 0 Å². The molecule has 8 heteroatoms. The first-order valence-electron chi connectivity index (χ1n) is 9.86. The topological polar surface area (TPSA) is 50.2 Å². The van der Waals surface area contributed by atoms with Gasteiger partial charge >= 0.3 is 0 Å². The number of carbonyl (C=O) groups excluding carboxylic acids is 1. The third-order valence-corrected chi connectivity index (χ3v) is 5.87. The van der Waals surface area contributed by atoms with Crippen LogP contribution in [0.5, 0.6) is 0 Å². The molecular weight excluding hydrogens is 438 g/mol. The minimum atomic E-state index is -0.445. The second kappa shape index (κ2) is 9.81. The van der Waals surface area contributed by atoms with E-state index < -0.39 is 11.9 Å². The maximum Gasteiger partial charge on any atom is 0.256 e. The maximum atomic E-state index is 14.4. The lowest BCUT2D eigenvalue weighted by Gasteiger charge is -2.26. The number of nitrogens with zero attached hydrogens (tertiary/aromatic N) is 3. The Labute approximate surface area is 191 Å².